The van der Waals surface area contributed by atoms with Gasteiger partial charge in [-0.15, -0.1) is 11.3 Å². The van der Waals surface area contributed by atoms with Crippen LogP contribution in [0, 0.1) is 0 Å². The lowest BCUT2D eigenvalue weighted by molar-refractivity contribution is -0.117. The van der Waals surface area contributed by atoms with Crippen molar-refractivity contribution in [2.45, 2.75) is 6.04 Å². The number of ketones is 1. The van der Waals surface area contributed by atoms with Crippen LogP contribution in [0.2, 0.25) is 0 Å². The van der Waals surface area contributed by atoms with Crippen LogP contribution in [0.15, 0.2) is 70.0 Å². The lowest BCUT2D eigenvalue weighted by atomic mass is 9.94. The zero-order valence-electron chi connectivity index (χ0n) is 14.2. The molecule has 0 saturated heterocycles. The first-order chi connectivity index (χ1) is 13.1. The fraction of sp³-hybridized carbons (Fsp3) is 0.105. The molecule has 1 N–H and O–H groups in total. The van der Waals surface area contributed by atoms with Gasteiger partial charge in [-0.25, -0.2) is 4.98 Å². The van der Waals surface area contributed by atoms with Crippen molar-refractivity contribution in [3.8, 4) is 5.75 Å². The van der Waals surface area contributed by atoms with Gasteiger partial charge in [0.1, 0.15) is 11.8 Å². The Hall–Kier alpha value is -3.39. The number of carbonyl (C=O) groups is 2. The van der Waals surface area contributed by atoms with E-state index in [1.165, 1.54) is 35.7 Å². The molecule has 27 heavy (non-hydrogen) atoms. The zero-order chi connectivity index (χ0) is 19.0. The molecule has 0 unspecified atom stereocenters. The van der Waals surface area contributed by atoms with Crippen molar-refractivity contribution in [3.63, 3.8) is 0 Å². The van der Waals surface area contributed by atoms with Crippen LogP contribution in [0.5, 0.6) is 5.75 Å². The predicted molar refractivity (Wildman–Crippen MR) is 98.0 cm³/mol. The molecule has 0 fully saturated rings. The summed E-state index contributed by atoms with van der Waals surface area (Å²) in [5.74, 6) is -1.37. The molecule has 0 radical (unpaired) electrons. The summed E-state index contributed by atoms with van der Waals surface area (Å²) < 4.78 is 10.6. The summed E-state index contributed by atoms with van der Waals surface area (Å²) in [4.78, 5) is 31.3. The van der Waals surface area contributed by atoms with E-state index in [2.05, 4.69) is 4.98 Å². The van der Waals surface area contributed by atoms with Gasteiger partial charge in [-0.3, -0.25) is 14.5 Å². The maximum atomic E-state index is 13.0. The summed E-state index contributed by atoms with van der Waals surface area (Å²) >= 11 is 1.23. The first-order valence-electron chi connectivity index (χ1n) is 8.00. The third-order valence-corrected chi connectivity index (χ3v) is 5.03. The van der Waals surface area contributed by atoms with Gasteiger partial charge in [-0.2, -0.15) is 0 Å². The van der Waals surface area contributed by atoms with Crippen LogP contribution in [-0.4, -0.2) is 28.9 Å². The van der Waals surface area contributed by atoms with Crippen LogP contribution in [-0.2, 0) is 4.79 Å². The van der Waals surface area contributed by atoms with Crippen LogP contribution in [0.25, 0.3) is 0 Å². The number of aliphatic hydroxyl groups is 1. The highest BCUT2D eigenvalue weighted by Gasteiger charge is 2.47. The second-order valence-electron chi connectivity index (χ2n) is 5.70. The molecular weight excluding hydrogens is 368 g/mol. The first kappa shape index (κ1) is 17.0. The molecule has 1 aromatic carbocycles. The lowest BCUT2D eigenvalue weighted by Crippen LogP contribution is -2.31. The minimum absolute atomic E-state index is 0.0326. The zero-order valence-corrected chi connectivity index (χ0v) is 15.0. The second-order valence-corrected chi connectivity index (χ2v) is 6.58. The summed E-state index contributed by atoms with van der Waals surface area (Å²) in [5, 5.41) is 12.6. The molecule has 3 heterocycles. The van der Waals surface area contributed by atoms with Gasteiger partial charge in [0.2, 0.25) is 5.78 Å². The maximum absolute atomic E-state index is 13.0. The molecule has 0 aliphatic carbocycles. The van der Waals surface area contributed by atoms with E-state index in [4.69, 9.17) is 9.15 Å². The Labute approximate surface area is 158 Å². The van der Waals surface area contributed by atoms with Gasteiger partial charge < -0.3 is 14.3 Å². The number of carbonyl (C=O) groups excluding carboxylic acids is 2. The molecule has 4 rings (SSSR count). The minimum Gasteiger partial charge on any atom is -0.503 e. The first-order valence-corrected chi connectivity index (χ1v) is 8.88. The van der Waals surface area contributed by atoms with E-state index >= 15 is 0 Å². The quantitative estimate of drug-likeness (QED) is 0.679. The molecule has 8 heteroatoms. The maximum Gasteiger partial charge on any atom is 0.296 e. The third-order valence-electron chi connectivity index (χ3n) is 4.26. The number of furan rings is 1. The number of para-hydroxylation sites is 1. The van der Waals surface area contributed by atoms with Crippen molar-refractivity contribution in [2.75, 3.05) is 12.0 Å². The second kappa shape index (κ2) is 6.73. The van der Waals surface area contributed by atoms with Crippen molar-refractivity contribution in [3.05, 3.63) is 76.9 Å². The van der Waals surface area contributed by atoms with E-state index in [1.807, 2.05) is 0 Å². The average Bonchev–Trinajstić information content (AvgIpc) is 3.43. The van der Waals surface area contributed by atoms with E-state index in [1.54, 1.807) is 41.9 Å². The molecule has 0 spiro atoms. The Morgan fingerprint density at radius 3 is 2.78 bits per heavy atom. The van der Waals surface area contributed by atoms with Gasteiger partial charge in [0, 0.05) is 17.1 Å². The van der Waals surface area contributed by atoms with Gasteiger partial charge in [-0.1, -0.05) is 18.2 Å². The molecule has 2 aromatic heterocycles. The molecule has 7 nitrogen and oxygen atoms in total. The Kier molecular flexibility index (Phi) is 4.25. The number of amides is 1. The Morgan fingerprint density at radius 2 is 2.11 bits per heavy atom. The largest absolute Gasteiger partial charge is 0.503 e. The van der Waals surface area contributed by atoms with Crippen LogP contribution in [0.3, 0.4) is 0 Å². The number of aliphatic hydroxyl groups excluding tert-OH is 1. The highest BCUT2D eigenvalue weighted by atomic mass is 32.1. The van der Waals surface area contributed by atoms with Crippen molar-refractivity contribution >= 4 is 28.2 Å². The Morgan fingerprint density at radius 1 is 1.30 bits per heavy atom. The van der Waals surface area contributed by atoms with E-state index in [0.29, 0.717) is 16.4 Å². The number of nitrogens with zero attached hydrogens (tertiary/aromatic N) is 2. The normalized spacial score (nSPS) is 16.9. The fourth-order valence-electron chi connectivity index (χ4n) is 3.10. The van der Waals surface area contributed by atoms with Crippen LogP contribution in [0.4, 0.5) is 5.13 Å². The Balaban J connectivity index is 1.92. The van der Waals surface area contributed by atoms with Crippen LogP contribution >= 0.6 is 11.3 Å². The molecule has 1 aliphatic heterocycles. The summed E-state index contributed by atoms with van der Waals surface area (Å²) in [6, 6.07) is 9.18. The summed E-state index contributed by atoms with van der Waals surface area (Å²) in [6.07, 6.45) is 2.91. The molecule has 1 aliphatic rings. The molecule has 1 atom stereocenters. The van der Waals surface area contributed by atoms with E-state index in [-0.39, 0.29) is 11.3 Å². The number of methoxy groups -OCH3 is 1. The standard InChI is InChI=1S/C19H14N2O5S/c1-25-12-6-3-2-5-11(12)15-14(16(22)13-7-4-9-26-13)17(23)18(24)21(15)19-20-8-10-27-19/h2-10,15,23H,1H3/t15-/m1/s1. The van der Waals surface area contributed by atoms with E-state index in [0.717, 1.165) is 0 Å². The Bertz CT molecular complexity index is 1020. The molecule has 3 aromatic rings. The molecule has 0 saturated carbocycles. The van der Waals surface area contributed by atoms with Crippen molar-refractivity contribution < 1.29 is 23.8 Å². The number of ether oxygens (including phenoxy) is 1. The van der Waals surface area contributed by atoms with Gasteiger partial charge in [0.05, 0.1) is 18.9 Å². The topological polar surface area (TPSA) is 92.9 Å². The SMILES string of the molecule is COc1ccccc1[C@@H]1C(C(=O)c2ccco2)=C(O)C(=O)N1c1nccs1. The smallest absolute Gasteiger partial charge is 0.296 e. The number of benzene rings is 1. The van der Waals surface area contributed by atoms with Gasteiger partial charge in [0.15, 0.2) is 16.7 Å². The number of Topliss-reactive ketones (excluding diaryl/α,β-unsaturated/α-hetero) is 1. The molecular formula is C19H14N2O5S. The predicted octanol–water partition coefficient (Wildman–Crippen LogP) is 3.53. The van der Waals surface area contributed by atoms with Crippen LogP contribution < -0.4 is 9.64 Å². The summed E-state index contributed by atoms with van der Waals surface area (Å²) in [6.45, 7) is 0. The minimum atomic E-state index is -0.891. The monoisotopic (exact) mass is 382 g/mol. The van der Waals surface area contributed by atoms with Crippen LogP contribution in [0.1, 0.15) is 22.2 Å². The van der Waals surface area contributed by atoms with Crippen molar-refractivity contribution in [1.29, 1.82) is 0 Å². The van der Waals surface area contributed by atoms with E-state index < -0.39 is 23.5 Å². The lowest BCUT2D eigenvalue weighted by Gasteiger charge is -2.25. The highest BCUT2D eigenvalue weighted by Crippen LogP contribution is 2.45. The number of hydrogen-bond donors (Lipinski definition) is 1. The number of anilines is 1. The van der Waals surface area contributed by atoms with Crippen molar-refractivity contribution in [1.82, 2.24) is 4.98 Å². The molecule has 136 valence electrons. The number of aromatic nitrogens is 1. The summed E-state index contributed by atoms with van der Waals surface area (Å²) in [7, 11) is 1.50. The number of hydrogen-bond acceptors (Lipinski definition) is 7. The van der Waals surface area contributed by atoms with Crippen molar-refractivity contribution in [2.24, 2.45) is 0 Å². The highest BCUT2D eigenvalue weighted by molar-refractivity contribution is 7.13. The number of thiazole rings is 1. The number of rotatable bonds is 5. The van der Waals surface area contributed by atoms with Gasteiger partial charge >= 0.3 is 0 Å². The molecule has 1 amide bonds. The third kappa shape index (κ3) is 2.70. The summed E-state index contributed by atoms with van der Waals surface area (Å²) in [5.41, 5.74) is 0.483. The fourth-order valence-corrected chi connectivity index (χ4v) is 3.76. The van der Waals surface area contributed by atoms with Gasteiger partial charge in [0.25, 0.3) is 5.91 Å². The average molecular weight is 382 g/mol. The molecule has 0 bridgehead atoms. The van der Waals surface area contributed by atoms with Gasteiger partial charge in [-0.05, 0) is 18.2 Å². The van der Waals surface area contributed by atoms with E-state index in [9.17, 15) is 14.7 Å².